The Hall–Kier alpha value is -1.21. The Labute approximate surface area is 185 Å². The summed E-state index contributed by atoms with van der Waals surface area (Å²) in [5, 5.41) is 0. The van der Waals surface area contributed by atoms with Crippen LogP contribution in [0.15, 0.2) is 15.8 Å². The number of aromatic amines is 1. The summed E-state index contributed by atoms with van der Waals surface area (Å²) in [6.45, 7) is 17.4. The first-order valence-electron chi connectivity index (χ1n) is 10.4. The Morgan fingerprint density at radius 3 is 2.77 bits per heavy atom. The summed E-state index contributed by atoms with van der Waals surface area (Å²) < 4.78 is 29.5. The molecule has 0 aliphatic carbocycles. The molecule has 1 saturated heterocycles. The van der Waals surface area contributed by atoms with Crippen molar-refractivity contribution in [3.05, 3.63) is 44.0 Å². The molecule has 0 aromatic carbocycles. The third-order valence-electron chi connectivity index (χ3n) is 4.68. The maximum absolute atomic E-state index is 12.3. The molecule has 0 spiro atoms. The molecule has 2 heterocycles. The fourth-order valence-corrected chi connectivity index (χ4v) is 5.38. The molecule has 1 unspecified atom stereocenters. The van der Waals surface area contributed by atoms with E-state index in [1.165, 1.54) is 10.8 Å². The molecule has 1 fully saturated rings. The van der Waals surface area contributed by atoms with Gasteiger partial charge in [0.2, 0.25) is 6.54 Å². The van der Waals surface area contributed by atoms with Crippen LogP contribution in [0.3, 0.4) is 0 Å². The molecule has 1 N–H and O–H groups in total. The Morgan fingerprint density at radius 2 is 2.17 bits per heavy atom. The fourth-order valence-electron chi connectivity index (χ4n) is 3.34. The minimum absolute atomic E-state index is 0.158. The van der Waals surface area contributed by atoms with E-state index in [1.54, 1.807) is 6.92 Å². The predicted octanol–water partition coefficient (Wildman–Crippen LogP) is 2.73. The van der Waals surface area contributed by atoms with Crippen LogP contribution in [0.4, 0.5) is 0 Å². The van der Waals surface area contributed by atoms with Gasteiger partial charge < -0.3 is 18.6 Å². The summed E-state index contributed by atoms with van der Waals surface area (Å²) in [7, 11) is -1.48. The number of hydrogen-bond donors (Lipinski definition) is 2. The predicted molar refractivity (Wildman–Crippen MR) is 120 cm³/mol. The number of H-pyrrole nitrogens is 1. The van der Waals surface area contributed by atoms with Crippen LogP contribution in [0, 0.1) is 13.5 Å². The first kappa shape index (κ1) is 23.5. The minimum Gasteiger partial charge on any atom is -0.351 e. The van der Waals surface area contributed by atoms with Gasteiger partial charge in [0.05, 0.1) is 12.2 Å². The number of thiol groups is 1. The highest BCUT2D eigenvalue weighted by atomic mass is 32.1. The van der Waals surface area contributed by atoms with Gasteiger partial charge in [0.25, 0.3) is 14.1 Å². The van der Waals surface area contributed by atoms with Gasteiger partial charge in [0, 0.05) is 36.0 Å². The third kappa shape index (κ3) is 6.16. The number of aromatic nitrogens is 2. The lowest BCUT2D eigenvalue weighted by atomic mass is 10.2. The van der Waals surface area contributed by atoms with E-state index in [0.717, 1.165) is 12.5 Å². The van der Waals surface area contributed by atoms with Crippen molar-refractivity contribution in [2.75, 3.05) is 18.9 Å². The monoisotopic (exact) mass is 459 g/mol. The maximum atomic E-state index is 12.3. The van der Waals surface area contributed by atoms with E-state index in [9.17, 15) is 9.59 Å². The van der Waals surface area contributed by atoms with E-state index in [1.807, 2.05) is 0 Å². The molecule has 30 heavy (non-hydrogen) atoms. The van der Waals surface area contributed by atoms with E-state index < -0.39 is 38.2 Å². The fraction of sp³-hybridized carbons (Fsp3) is 0.737. The summed E-state index contributed by atoms with van der Waals surface area (Å²) >= 11 is 0.892. The lowest BCUT2D eigenvalue weighted by molar-refractivity contribution is -0.00614. The number of ether oxygens (including phenoxy) is 1. The summed E-state index contributed by atoms with van der Waals surface area (Å²) in [4.78, 5) is 29.7. The highest BCUT2D eigenvalue weighted by Gasteiger charge is 2.40. The average molecular weight is 460 g/mol. The summed E-state index contributed by atoms with van der Waals surface area (Å²) in [6, 6.07) is 0.316. The Morgan fingerprint density at radius 1 is 1.47 bits per heavy atom. The highest BCUT2D eigenvalue weighted by molar-refractivity contribution is 7.80. The molecular weight excluding hydrogens is 427 g/mol. The van der Waals surface area contributed by atoms with Gasteiger partial charge in [-0.25, -0.2) is 16.0 Å². The van der Waals surface area contributed by atoms with Crippen molar-refractivity contribution < 1.29 is 13.8 Å². The van der Waals surface area contributed by atoms with E-state index in [4.69, 9.17) is 21.5 Å². The quantitative estimate of drug-likeness (QED) is 0.229. The van der Waals surface area contributed by atoms with Crippen molar-refractivity contribution in [3.63, 3.8) is 0 Å². The summed E-state index contributed by atoms with van der Waals surface area (Å²) in [5.74, 6) is 0.368. The number of hydrogen-bond acceptors (Lipinski definition) is 7. The normalized spacial score (nSPS) is 23.2. The SMILES string of the molecule is [2H]SC[C@H]1O[C@@H](n2cc(C)c(=O)[nH]c2=O)C[C@@H]1OP(OCC[N+]#[C-])N(C(C)C)C(C)C. The molecule has 9 nitrogen and oxygen atoms in total. The van der Waals surface area contributed by atoms with Crippen LogP contribution in [0.25, 0.3) is 4.85 Å². The van der Waals surface area contributed by atoms with E-state index in [2.05, 4.69) is 42.2 Å². The van der Waals surface area contributed by atoms with Crippen LogP contribution in [0.5, 0.6) is 0 Å². The summed E-state index contributed by atoms with van der Waals surface area (Å²) in [5.41, 5.74) is -0.555. The van der Waals surface area contributed by atoms with Gasteiger partial charge in [-0.3, -0.25) is 14.3 Å². The van der Waals surface area contributed by atoms with E-state index in [-0.39, 0.29) is 25.2 Å². The van der Waals surface area contributed by atoms with Gasteiger partial charge in [-0.05, 0) is 34.6 Å². The first-order chi connectivity index (χ1) is 14.7. The van der Waals surface area contributed by atoms with Crippen molar-refractivity contribution in [2.24, 2.45) is 0 Å². The number of aryl methyl sites for hydroxylation is 1. The second-order valence-corrected chi connectivity index (χ2v) is 9.41. The Kier molecular flexibility index (Phi) is 8.93. The lowest BCUT2D eigenvalue weighted by Crippen LogP contribution is -2.36. The maximum Gasteiger partial charge on any atom is 0.330 e. The second kappa shape index (κ2) is 11.4. The van der Waals surface area contributed by atoms with Crippen molar-refractivity contribution >= 4 is 21.1 Å². The van der Waals surface area contributed by atoms with Crippen molar-refractivity contribution in [1.82, 2.24) is 14.2 Å². The van der Waals surface area contributed by atoms with Gasteiger partial charge in [0.1, 0.15) is 14.0 Å². The minimum atomic E-state index is -1.48. The summed E-state index contributed by atoms with van der Waals surface area (Å²) in [6.07, 6.45) is 0.439. The topological polar surface area (TPSA) is 90.2 Å². The zero-order valence-electron chi connectivity index (χ0n) is 19.0. The van der Waals surface area contributed by atoms with Crippen LogP contribution in [-0.4, -0.2) is 58.5 Å². The lowest BCUT2D eigenvalue weighted by Gasteiger charge is -2.37. The largest absolute Gasteiger partial charge is 0.351 e. The molecule has 1 aliphatic heterocycles. The van der Waals surface area contributed by atoms with Gasteiger partial charge in [-0.1, -0.05) is 0 Å². The van der Waals surface area contributed by atoms with E-state index in [0.29, 0.717) is 17.7 Å². The van der Waals surface area contributed by atoms with Crippen LogP contribution in [0.1, 0.15) is 45.9 Å². The van der Waals surface area contributed by atoms with Crippen LogP contribution < -0.4 is 11.2 Å². The molecule has 1 aromatic rings. The number of rotatable bonds is 11. The first-order valence-corrected chi connectivity index (χ1v) is 11.7. The zero-order chi connectivity index (χ0) is 23.1. The smallest absolute Gasteiger partial charge is 0.330 e. The average Bonchev–Trinajstić information content (AvgIpc) is 3.06. The highest BCUT2D eigenvalue weighted by Crippen LogP contribution is 2.49. The van der Waals surface area contributed by atoms with Crippen LogP contribution >= 0.6 is 21.1 Å². The molecule has 0 bridgehead atoms. The Balaban J connectivity index is 2.27. The molecule has 1 aromatic heterocycles. The van der Waals surface area contributed by atoms with Gasteiger partial charge in [-0.2, -0.15) is 12.5 Å². The van der Waals surface area contributed by atoms with E-state index >= 15 is 0 Å². The van der Waals surface area contributed by atoms with Crippen molar-refractivity contribution in [2.45, 2.75) is 71.6 Å². The molecule has 0 radical (unpaired) electrons. The van der Waals surface area contributed by atoms with Crippen LogP contribution in [0.2, 0.25) is 0 Å². The van der Waals surface area contributed by atoms with Gasteiger partial charge in [0.15, 0.2) is 0 Å². The molecule has 0 amide bonds. The molecule has 1 aliphatic rings. The van der Waals surface area contributed by atoms with Crippen LogP contribution in [-0.2, 0) is 13.8 Å². The Bertz CT molecular complexity index is 866. The zero-order valence-corrected chi connectivity index (χ0v) is 19.7. The van der Waals surface area contributed by atoms with Crippen molar-refractivity contribution in [1.29, 1.82) is 1.12 Å². The molecular formula is C19H31N4O5PS. The third-order valence-corrected chi connectivity index (χ3v) is 7.16. The standard InChI is InChI=1S/C19H31N4O5PS/c1-12(2)23(13(3)4)29(26-8-7-20-6)28-15-9-17(27-16(15)11-30)22-10-14(5)18(24)21-19(22)25/h10,12-13,15-17,30H,7-9,11H2,1-5H3,(H,21,24,25)/t15-,16+,17+,29?/m0/s1/i/hD. The van der Waals surface area contributed by atoms with Gasteiger partial charge in [-0.15, -0.1) is 0 Å². The van der Waals surface area contributed by atoms with Crippen molar-refractivity contribution in [3.8, 4) is 0 Å². The van der Waals surface area contributed by atoms with Gasteiger partial charge >= 0.3 is 5.69 Å². The number of nitrogens with zero attached hydrogens (tertiary/aromatic N) is 3. The molecule has 4 atom stereocenters. The molecule has 2 rings (SSSR count). The molecule has 168 valence electrons. The molecule has 11 heteroatoms. The number of nitrogens with one attached hydrogen (secondary N) is 1. The molecule has 0 saturated carbocycles. The second-order valence-electron chi connectivity index (χ2n) is 7.67.